The molecule has 3 heteroatoms. The number of hydrogen-bond acceptors (Lipinski definition) is 3. The lowest BCUT2D eigenvalue weighted by molar-refractivity contribution is 0.235. The van der Waals surface area contributed by atoms with Crippen molar-refractivity contribution in [2.75, 3.05) is 13.2 Å². The fourth-order valence-electron chi connectivity index (χ4n) is 1.93. The maximum absolute atomic E-state index is 6.08. The van der Waals surface area contributed by atoms with Crippen molar-refractivity contribution in [3.63, 3.8) is 0 Å². The van der Waals surface area contributed by atoms with E-state index in [1.165, 1.54) is 0 Å². The average Bonchev–Trinajstić information content (AvgIpc) is 2.46. The zero-order valence-electron chi connectivity index (χ0n) is 13.3. The molecule has 2 unspecified atom stereocenters. The minimum Gasteiger partial charge on any atom is -0.490 e. The van der Waals surface area contributed by atoms with Gasteiger partial charge < -0.3 is 15.2 Å². The predicted molar refractivity (Wildman–Crippen MR) is 84.5 cm³/mol. The molecule has 2 N–H and O–H groups in total. The zero-order chi connectivity index (χ0) is 15.0. The minimum atomic E-state index is 0.165. The molecule has 0 fully saturated rings. The van der Waals surface area contributed by atoms with Crippen molar-refractivity contribution < 1.29 is 9.47 Å². The number of nitrogens with two attached hydrogens (primary N) is 1. The summed E-state index contributed by atoms with van der Waals surface area (Å²) in [6.07, 6.45) is 2.90. The predicted octanol–water partition coefficient (Wildman–Crippen LogP) is 3.79. The highest BCUT2D eigenvalue weighted by molar-refractivity contribution is 5.47. The lowest BCUT2D eigenvalue weighted by Crippen LogP contribution is -2.22. The number of ether oxygens (including phenoxy) is 2. The van der Waals surface area contributed by atoms with E-state index in [9.17, 15) is 0 Å². The molecular formula is C17H29NO2. The minimum absolute atomic E-state index is 0.165. The highest BCUT2D eigenvalue weighted by Gasteiger charge is 2.14. The van der Waals surface area contributed by atoms with Gasteiger partial charge in [-0.2, -0.15) is 0 Å². The third-order valence-corrected chi connectivity index (χ3v) is 3.58. The molecule has 0 heterocycles. The zero-order valence-corrected chi connectivity index (χ0v) is 13.3. The van der Waals surface area contributed by atoms with Gasteiger partial charge in [0, 0.05) is 6.04 Å². The summed E-state index contributed by atoms with van der Waals surface area (Å²) in [5.41, 5.74) is 7.23. The number of para-hydroxylation sites is 1. The number of rotatable bonds is 9. The summed E-state index contributed by atoms with van der Waals surface area (Å²) in [5, 5.41) is 0. The summed E-state index contributed by atoms with van der Waals surface area (Å²) < 4.78 is 11.7. The van der Waals surface area contributed by atoms with E-state index in [2.05, 4.69) is 26.8 Å². The van der Waals surface area contributed by atoms with Gasteiger partial charge in [0.2, 0.25) is 0 Å². The van der Waals surface area contributed by atoms with E-state index in [1.807, 2.05) is 19.1 Å². The van der Waals surface area contributed by atoms with Gasteiger partial charge in [0.1, 0.15) is 0 Å². The molecule has 0 saturated carbocycles. The number of hydrogen-bond donors (Lipinski definition) is 1. The second kappa shape index (κ2) is 8.85. The molecule has 1 aromatic rings. The van der Waals surface area contributed by atoms with E-state index < -0.39 is 0 Å². The fraction of sp³-hybridized carbons (Fsp3) is 0.647. The quantitative estimate of drug-likeness (QED) is 0.748. The van der Waals surface area contributed by atoms with Crippen LogP contribution in [0.5, 0.6) is 11.5 Å². The van der Waals surface area contributed by atoms with Crippen LogP contribution in [0.15, 0.2) is 18.2 Å². The summed E-state index contributed by atoms with van der Waals surface area (Å²) in [6.45, 7) is 9.83. The van der Waals surface area contributed by atoms with Crippen LogP contribution in [-0.2, 0) is 6.42 Å². The molecule has 20 heavy (non-hydrogen) atoms. The molecule has 0 amide bonds. The summed E-state index contributed by atoms with van der Waals surface area (Å²) in [6, 6.07) is 6.23. The second-order valence-electron chi connectivity index (χ2n) is 5.37. The molecule has 0 bridgehead atoms. The van der Waals surface area contributed by atoms with Crippen molar-refractivity contribution in [2.24, 2.45) is 11.7 Å². The standard InChI is InChI=1S/C17H29NO2/c1-5-13(4)12-20-17-14(11-15(18)6-2)9-8-10-16(17)19-7-3/h8-10,13,15H,5-7,11-12,18H2,1-4H3. The first-order chi connectivity index (χ1) is 9.62. The van der Waals surface area contributed by atoms with Crippen molar-refractivity contribution in [1.29, 1.82) is 0 Å². The second-order valence-corrected chi connectivity index (χ2v) is 5.37. The Morgan fingerprint density at radius 2 is 1.85 bits per heavy atom. The van der Waals surface area contributed by atoms with Crippen molar-refractivity contribution in [3.8, 4) is 11.5 Å². The topological polar surface area (TPSA) is 44.5 Å². The van der Waals surface area contributed by atoms with Gasteiger partial charge in [-0.05, 0) is 37.3 Å². The van der Waals surface area contributed by atoms with Gasteiger partial charge >= 0.3 is 0 Å². The van der Waals surface area contributed by atoms with E-state index in [1.54, 1.807) is 0 Å². The molecule has 0 aliphatic rings. The monoisotopic (exact) mass is 279 g/mol. The molecule has 0 saturated heterocycles. The Morgan fingerprint density at radius 3 is 2.45 bits per heavy atom. The largest absolute Gasteiger partial charge is 0.490 e. The van der Waals surface area contributed by atoms with E-state index in [0.29, 0.717) is 12.5 Å². The molecule has 2 atom stereocenters. The maximum Gasteiger partial charge on any atom is 0.164 e. The van der Waals surface area contributed by atoms with Gasteiger partial charge in [0.15, 0.2) is 11.5 Å². The van der Waals surface area contributed by atoms with Crippen LogP contribution in [0.4, 0.5) is 0 Å². The third kappa shape index (κ3) is 5.04. The van der Waals surface area contributed by atoms with Crippen molar-refractivity contribution in [2.45, 2.75) is 53.0 Å². The molecule has 0 radical (unpaired) electrons. The van der Waals surface area contributed by atoms with Gasteiger partial charge in [-0.15, -0.1) is 0 Å². The highest BCUT2D eigenvalue weighted by Crippen LogP contribution is 2.32. The van der Waals surface area contributed by atoms with Gasteiger partial charge in [0.05, 0.1) is 13.2 Å². The van der Waals surface area contributed by atoms with Crippen LogP contribution in [-0.4, -0.2) is 19.3 Å². The number of benzene rings is 1. The Morgan fingerprint density at radius 1 is 1.10 bits per heavy atom. The van der Waals surface area contributed by atoms with Crippen molar-refractivity contribution in [3.05, 3.63) is 23.8 Å². The third-order valence-electron chi connectivity index (χ3n) is 3.58. The van der Waals surface area contributed by atoms with Crippen LogP contribution in [0.1, 0.15) is 46.1 Å². The Bertz CT molecular complexity index is 393. The van der Waals surface area contributed by atoms with E-state index in [4.69, 9.17) is 15.2 Å². The highest BCUT2D eigenvalue weighted by atomic mass is 16.5. The van der Waals surface area contributed by atoms with Crippen LogP contribution in [0, 0.1) is 5.92 Å². The van der Waals surface area contributed by atoms with E-state index in [0.717, 1.165) is 42.9 Å². The fourth-order valence-corrected chi connectivity index (χ4v) is 1.93. The first-order valence-electron chi connectivity index (χ1n) is 7.75. The van der Waals surface area contributed by atoms with Crippen LogP contribution >= 0.6 is 0 Å². The van der Waals surface area contributed by atoms with Crippen LogP contribution in [0.2, 0.25) is 0 Å². The Hall–Kier alpha value is -1.22. The normalized spacial score (nSPS) is 13.8. The lowest BCUT2D eigenvalue weighted by atomic mass is 10.0. The van der Waals surface area contributed by atoms with E-state index >= 15 is 0 Å². The van der Waals surface area contributed by atoms with Gasteiger partial charge in [0.25, 0.3) is 0 Å². The first kappa shape index (κ1) is 16.8. The molecular weight excluding hydrogens is 250 g/mol. The van der Waals surface area contributed by atoms with Crippen molar-refractivity contribution in [1.82, 2.24) is 0 Å². The van der Waals surface area contributed by atoms with Crippen LogP contribution in [0.3, 0.4) is 0 Å². The van der Waals surface area contributed by atoms with Gasteiger partial charge in [-0.1, -0.05) is 39.3 Å². The Balaban J connectivity index is 2.93. The average molecular weight is 279 g/mol. The summed E-state index contributed by atoms with van der Waals surface area (Å²) in [4.78, 5) is 0. The molecule has 0 spiro atoms. The molecule has 1 rings (SSSR count). The first-order valence-corrected chi connectivity index (χ1v) is 7.75. The molecule has 0 aliphatic carbocycles. The molecule has 1 aromatic carbocycles. The lowest BCUT2D eigenvalue weighted by Gasteiger charge is -2.19. The molecule has 0 aliphatic heterocycles. The summed E-state index contributed by atoms with van der Waals surface area (Å²) in [7, 11) is 0. The smallest absolute Gasteiger partial charge is 0.164 e. The summed E-state index contributed by atoms with van der Waals surface area (Å²) in [5.74, 6) is 2.24. The summed E-state index contributed by atoms with van der Waals surface area (Å²) >= 11 is 0. The maximum atomic E-state index is 6.08. The molecule has 0 aromatic heterocycles. The van der Waals surface area contributed by atoms with Crippen LogP contribution < -0.4 is 15.2 Å². The van der Waals surface area contributed by atoms with E-state index in [-0.39, 0.29) is 6.04 Å². The SMILES string of the molecule is CCOc1cccc(CC(N)CC)c1OCC(C)CC. The van der Waals surface area contributed by atoms with Gasteiger partial charge in [-0.3, -0.25) is 0 Å². The van der Waals surface area contributed by atoms with Gasteiger partial charge in [-0.25, -0.2) is 0 Å². The van der Waals surface area contributed by atoms with Crippen LogP contribution in [0.25, 0.3) is 0 Å². The Kier molecular flexibility index (Phi) is 7.45. The molecule has 114 valence electrons. The van der Waals surface area contributed by atoms with Crippen molar-refractivity contribution >= 4 is 0 Å². The Labute approximate surface area is 123 Å². The molecule has 3 nitrogen and oxygen atoms in total.